The van der Waals surface area contributed by atoms with Gasteiger partial charge in [0, 0.05) is 10.5 Å². The lowest BCUT2D eigenvalue weighted by Gasteiger charge is -2.01. The van der Waals surface area contributed by atoms with Crippen LogP contribution in [0.5, 0.6) is 0 Å². The monoisotopic (exact) mass is 390 g/mol. The van der Waals surface area contributed by atoms with Crippen LogP contribution in [0.1, 0.15) is 5.56 Å². The van der Waals surface area contributed by atoms with Crippen LogP contribution in [0, 0.1) is 20.2 Å². The summed E-state index contributed by atoms with van der Waals surface area (Å²) in [4.78, 5) is 20.3. The molecule has 24 heavy (non-hydrogen) atoms. The molecule has 9 heteroatoms. The van der Waals surface area contributed by atoms with E-state index in [0.717, 1.165) is 11.6 Å². The lowest BCUT2D eigenvalue weighted by Crippen LogP contribution is -1.98. The van der Waals surface area contributed by atoms with Crippen LogP contribution >= 0.6 is 15.9 Å². The zero-order chi connectivity index (χ0) is 17.5. The lowest BCUT2D eigenvalue weighted by molar-refractivity contribution is -0.393. The Morgan fingerprint density at radius 2 is 1.79 bits per heavy atom. The van der Waals surface area contributed by atoms with Gasteiger partial charge in [0.05, 0.1) is 22.1 Å². The molecule has 0 saturated carbocycles. The highest BCUT2D eigenvalue weighted by Gasteiger charge is 2.18. The molecule has 0 atom stereocenters. The van der Waals surface area contributed by atoms with Crippen molar-refractivity contribution in [3.63, 3.8) is 0 Å². The number of nitrogens with zero attached hydrogens (tertiary/aromatic N) is 3. The molecule has 122 valence electrons. The van der Waals surface area contributed by atoms with Crippen molar-refractivity contribution in [3.05, 3.63) is 78.8 Å². The third-order valence-electron chi connectivity index (χ3n) is 2.87. The number of hydrazone groups is 1. The maximum Gasteiger partial charge on any atom is 0.301 e. The predicted octanol–water partition coefficient (Wildman–Crippen LogP) is 4.34. The standard InChI is InChI=1S/C15H11BrN4O4/c16-12(8-11-4-2-1-3-5-11)10-17-18-14-7-6-13(19(21)22)9-15(14)20(23)24/h1-10,18H/b12-8-,17-10?. The number of benzene rings is 2. The summed E-state index contributed by atoms with van der Waals surface area (Å²) in [5.74, 6) is 0. The van der Waals surface area contributed by atoms with E-state index in [-0.39, 0.29) is 11.4 Å². The van der Waals surface area contributed by atoms with Gasteiger partial charge in [-0.05, 0) is 33.6 Å². The van der Waals surface area contributed by atoms with E-state index in [1.165, 1.54) is 18.3 Å². The second-order valence-corrected chi connectivity index (χ2v) is 5.44. The van der Waals surface area contributed by atoms with Crippen molar-refractivity contribution in [3.8, 4) is 0 Å². The highest BCUT2D eigenvalue weighted by atomic mass is 79.9. The van der Waals surface area contributed by atoms with Crippen LogP contribution in [0.2, 0.25) is 0 Å². The average Bonchev–Trinajstić information content (AvgIpc) is 2.55. The fourth-order valence-corrected chi connectivity index (χ4v) is 2.16. The molecule has 2 aromatic rings. The smallest absolute Gasteiger partial charge is 0.272 e. The maximum atomic E-state index is 11.0. The number of nitro groups is 2. The van der Waals surface area contributed by atoms with E-state index in [1.807, 2.05) is 36.4 Å². The minimum absolute atomic E-state index is 0.0573. The highest BCUT2D eigenvalue weighted by Crippen LogP contribution is 2.28. The quantitative estimate of drug-likeness (QED) is 0.448. The summed E-state index contributed by atoms with van der Waals surface area (Å²) >= 11 is 3.31. The molecule has 0 aromatic heterocycles. The van der Waals surface area contributed by atoms with Crippen molar-refractivity contribution >= 4 is 45.3 Å². The molecule has 0 radical (unpaired) electrons. The molecule has 8 nitrogen and oxygen atoms in total. The van der Waals surface area contributed by atoms with Crippen molar-refractivity contribution in [1.82, 2.24) is 0 Å². The maximum absolute atomic E-state index is 11.0. The van der Waals surface area contributed by atoms with Gasteiger partial charge >= 0.3 is 5.69 Å². The molecule has 0 spiro atoms. The molecular formula is C15H11BrN4O4. The molecule has 0 aliphatic carbocycles. The average molecular weight is 391 g/mol. The second-order valence-electron chi connectivity index (χ2n) is 4.53. The summed E-state index contributed by atoms with van der Waals surface area (Å²) in [7, 11) is 0. The Hall–Kier alpha value is -3.07. The fourth-order valence-electron chi connectivity index (χ4n) is 1.79. The van der Waals surface area contributed by atoms with Gasteiger partial charge in [0.2, 0.25) is 0 Å². The first-order valence-electron chi connectivity index (χ1n) is 6.61. The van der Waals surface area contributed by atoms with Crippen LogP contribution in [-0.2, 0) is 0 Å². The van der Waals surface area contributed by atoms with Gasteiger partial charge in [-0.25, -0.2) is 0 Å². The Labute approximate surface area is 144 Å². The SMILES string of the molecule is O=[N+]([O-])c1ccc(NN=C/C(Br)=C/c2ccccc2)c([N+](=O)[O-])c1. The molecule has 0 aliphatic rings. The van der Waals surface area contributed by atoms with E-state index < -0.39 is 15.5 Å². The van der Waals surface area contributed by atoms with Gasteiger partial charge in [-0.15, -0.1) is 0 Å². The molecule has 0 saturated heterocycles. The molecule has 2 aromatic carbocycles. The van der Waals surface area contributed by atoms with Gasteiger partial charge in [-0.3, -0.25) is 25.7 Å². The van der Waals surface area contributed by atoms with E-state index in [0.29, 0.717) is 4.48 Å². The number of non-ortho nitro benzene ring substituents is 1. The molecule has 2 rings (SSSR count). The van der Waals surface area contributed by atoms with Crippen LogP contribution in [0.25, 0.3) is 6.08 Å². The van der Waals surface area contributed by atoms with Gasteiger partial charge in [0.15, 0.2) is 0 Å². The normalized spacial score (nSPS) is 11.5. The Balaban J connectivity index is 2.15. The number of hydrogen-bond acceptors (Lipinski definition) is 6. The number of hydrogen-bond donors (Lipinski definition) is 1. The third-order valence-corrected chi connectivity index (χ3v) is 3.30. The molecule has 0 unspecified atom stereocenters. The van der Waals surface area contributed by atoms with Gasteiger partial charge < -0.3 is 0 Å². The second kappa shape index (κ2) is 7.97. The number of nitrogens with one attached hydrogen (secondary N) is 1. The number of halogens is 1. The van der Waals surface area contributed by atoms with Crippen LogP contribution in [0.15, 0.2) is 58.1 Å². The van der Waals surface area contributed by atoms with Gasteiger partial charge in [-0.2, -0.15) is 5.10 Å². The van der Waals surface area contributed by atoms with Crippen LogP contribution in [0.4, 0.5) is 17.1 Å². The van der Waals surface area contributed by atoms with Crippen molar-refractivity contribution in [2.24, 2.45) is 5.10 Å². The molecule has 0 amide bonds. The van der Waals surface area contributed by atoms with Crippen molar-refractivity contribution < 1.29 is 9.85 Å². The highest BCUT2D eigenvalue weighted by molar-refractivity contribution is 9.12. The summed E-state index contributed by atoms with van der Waals surface area (Å²) in [5, 5.41) is 25.6. The summed E-state index contributed by atoms with van der Waals surface area (Å²) in [6.07, 6.45) is 3.24. The van der Waals surface area contributed by atoms with Crippen LogP contribution < -0.4 is 5.43 Å². The summed E-state index contributed by atoms with van der Waals surface area (Å²) < 4.78 is 0.644. The number of allylic oxidation sites excluding steroid dienone is 1. The van der Waals surface area contributed by atoms with Crippen LogP contribution in [0.3, 0.4) is 0 Å². The molecular weight excluding hydrogens is 380 g/mol. The van der Waals surface area contributed by atoms with E-state index in [2.05, 4.69) is 26.5 Å². The molecule has 0 fully saturated rings. The number of nitro benzene ring substituents is 2. The topological polar surface area (TPSA) is 111 Å². The summed E-state index contributed by atoms with van der Waals surface area (Å²) in [6.45, 7) is 0. The Morgan fingerprint density at radius 3 is 2.42 bits per heavy atom. The van der Waals surface area contributed by atoms with Crippen molar-refractivity contribution in [2.45, 2.75) is 0 Å². The van der Waals surface area contributed by atoms with Gasteiger partial charge in [0.25, 0.3) is 5.69 Å². The molecule has 0 heterocycles. The first-order valence-corrected chi connectivity index (χ1v) is 7.41. The first kappa shape index (κ1) is 17.3. The Kier molecular flexibility index (Phi) is 5.74. The minimum atomic E-state index is -0.709. The van der Waals surface area contributed by atoms with E-state index in [9.17, 15) is 20.2 Å². The summed E-state index contributed by atoms with van der Waals surface area (Å²) in [6, 6.07) is 12.8. The van der Waals surface area contributed by atoms with Crippen LogP contribution in [-0.4, -0.2) is 16.1 Å². The van der Waals surface area contributed by atoms with E-state index in [1.54, 1.807) is 0 Å². The first-order chi connectivity index (χ1) is 11.5. The zero-order valence-corrected chi connectivity index (χ0v) is 13.7. The number of anilines is 1. The summed E-state index contributed by atoms with van der Waals surface area (Å²) in [5.41, 5.74) is 2.74. The molecule has 0 bridgehead atoms. The zero-order valence-electron chi connectivity index (χ0n) is 12.1. The number of rotatable bonds is 6. The van der Waals surface area contributed by atoms with Crippen molar-refractivity contribution in [1.29, 1.82) is 0 Å². The third kappa shape index (κ3) is 4.71. The predicted molar refractivity (Wildman–Crippen MR) is 95.2 cm³/mol. The van der Waals surface area contributed by atoms with Gasteiger partial charge in [0.1, 0.15) is 5.69 Å². The van der Waals surface area contributed by atoms with Gasteiger partial charge in [-0.1, -0.05) is 30.3 Å². The Morgan fingerprint density at radius 1 is 1.08 bits per heavy atom. The molecule has 0 aliphatic heterocycles. The largest absolute Gasteiger partial charge is 0.301 e. The lowest BCUT2D eigenvalue weighted by atomic mass is 10.2. The minimum Gasteiger partial charge on any atom is -0.272 e. The Bertz CT molecular complexity index is 821. The van der Waals surface area contributed by atoms with E-state index >= 15 is 0 Å². The van der Waals surface area contributed by atoms with E-state index in [4.69, 9.17) is 0 Å². The molecule has 1 N–H and O–H groups in total. The fraction of sp³-hybridized carbons (Fsp3) is 0. The van der Waals surface area contributed by atoms with Crippen molar-refractivity contribution in [2.75, 3.05) is 5.43 Å².